The summed E-state index contributed by atoms with van der Waals surface area (Å²) < 4.78 is 6.05. The number of rotatable bonds is 7. The third-order valence-corrected chi connectivity index (χ3v) is 6.68. The molecule has 0 saturated carbocycles. The van der Waals surface area contributed by atoms with Crippen LogP contribution in [0.4, 0.5) is 0 Å². The Hall–Kier alpha value is -1.99. The lowest BCUT2D eigenvalue weighted by atomic mass is 9.99. The van der Waals surface area contributed by atoms with Crippen molar-refractivity contribution in [3.63, 3.8) is 0 Å². The molecule has 0 bridgehead atoms. The molecule has 1 aliphatic heterocycles. The number of piperidine rings is 1. The van der Waals surface area contributed by atoms with Gasteiger partial charge in [0.25, 0.3) is 0 Å². The number of para-hydroxylation sites is 1. The Morgan fingerprint density at radius 3 is 2.86 bits per heavy atom. The third kappa shape index (κ3) is 4.70. The van der Waals surface area contributed by atoms with Crippen LogP contribution in [0, 0.1) is 5.92 Å². The van der Waals surface area contributed by atoms with Crippen molar-refractivity contribution < 1.29 is 14.3 Å². The second-order valence-electron chi connectivity index (χ2n) is 7.46. The molecule has 1 N–H and O–H groups in total. The van der Waals surface area contributed by atoms with Crippen molar-refractivity contribution in [3.8, 4) is 0 Å². The van der Waals surface area contributed by atoms with Gasteiger partial charge in [-0.05, 0) is 37.4 Å². The van der Waals surface area contributed by atoms with E-state index in [4.69, 9.17) is 9.72 Å². The minimum atomic E-state index is -0.604. The fraction of sp³-hybridized carbons (Fsp3) is 0.571. The molecule has 1 aromatic heterocycles. The zero-order valence-corrected chi connectivity index (χ0v) is 17.6. The first-order valence-corrected chi connectivity index (χ1v) is 10.8. The molecule has 0 radical (unpaired) electrons. The maximum Gasteiger partial charge on any atom is 0.328 e. The summed E-state index contributed by atoms with van der Waals surface area (Å²) in [5.74, 6) is -0.495. The highest BCUT2D eigenvalue weighted by molar-refractivity contribution is 7.18. The fourth-order valence-corrected chi connectivity index (χ4v) is 4.83. The van der Waals surface area contributed by atoms with Gasteiger partial charge >= 0.3 is 5.97 Å². The number of hydrogen-bond acceptors (Lipinski definition) is 6. The van der Waals surface area contributed by atoms with E-state index >= 15 is 0 Å². The topological polar surface area (TPSA) is 71.5 Å². The maximum atomic E-state index is 12.7. The summed E-state index contributed by atoms with van der Waals surface area (Å²) in [6, 6.07) is 7.69. The number of hydrogen-bond donors (Lipinski definition) is 1. The van der Waals surface area contributed by atoms with Crippen LogP contribution >= 0.6 is 11.3 Å². The van der Waals surface area contributed by atoms with Crippen LogP contribution in [-0.4, -0.2) is 48.0 Å². The summed E-state index contributed by atoms with van der Waals surface area (Å²) in [4.78, 5) is 31.8. The summed E-state index contributed by atoms with van der Waals surface area (Å²) in [7, 11) is 1.36. The molecule has 6 nitrogen and oxygen atoms in total. The van der Waals surface area contributed by atoms with Gasteiger partial charge in [0.05, 0.1) is 29.9 Å². The fourth-order valence-electron chi connectivity index (χ4n) is 3.69. The van der Waals surface area contributed by atoms with Gasteiger partial charge in [0, 0.05) is 0 Å². The predicted octanol–water partition coefficient (Wildman–Crippen LogP) is 3.53. The highest BCUT2D eigenvalue weighted by atomic mass is 32.1. The Bertz CT molecular complexity index is 789. The maximum absolute atomic E-state index is 12.7. The molecule has 2 heterocycles. The Kier molecular flexibility index (Phi) is 7.02. The van der Waals surface area contributed by atoms with Crippen LogP contribution in [0.5, 0.6) is 0 Å². The van der Waals surface area contributed by atoms with Gasteiger partial charge in [0.15, 0.2) is 0 Å². The van der Waals surface area contributed by atoms with Gasteiger partial charge in [-0.15, -0.1) is 11.3 Å². The molecule has 152 valence electrons. The molecule has 0 aliphatic carbocycles. The quantitative estimate of drug-likeness (QED) is 0.716. The van der Waals surface area contributed by atoms with E-state index in [1.54, 1.807) is 11.3 Å². The summed E-state index contributed by atoms with van der Waals surface area (Å²) in [6.07, 6.45) is 3.99. The second kappa shape index (κ2) is 9.47. The van der Waals surface area contributed by atoms with E-state index in [1.807, 2.05) is 32.0 Å². The SMILES string of the molecule is CCC(C)C(NC(=O)CN1CCCCC1c1nc2ccccc2s1)C(=O)OC. The number of likely N-dealkylation sites (tertiary alicyclic amines) is 1. The lowest BCUT2D eigenvalue weighted by molar-refractivity contribution is -0.146. The number of aromatic nitrogens is 1. The molecule has 1 saturated heterocycles. The van der Waals surface area contributed by atoms with E-state index in [2.05, 4.69) is 16.3 Å². The number of ether oxygens (including phenoxy) is 1. The van der Waals surface area contributed by atoms with Crippen LogP contribution in [-0.2, 0) is 14.3 Å². The van der Waals surface area contributed by atoms with Crippen molar-refractivity contribution in [2.24, 2.45) is 5.92 Å². The average molecular weight is 404 g/mol. The van der Waals surface area contributed by atoms with E-state index in [0.29, 0.717) is 0 Å². The molecule has 3 rings (SSSR count). The number of fused-ring (bicyclic) bond motifs is 1. The smallest absolute Gasteiger partial charge is 0.328 e. The number of esters is 1. The lowest BCUT2D eigenvalue weighted by Gasteiger charge is -2.34. The molecule has 0 spiro atoms. The number of carbonyl (C=O) groups is 2. The van der Waals surface area contributed by atoms with E-state index in [0.717, 1.165) is 42.8 Å². The van der Waals surface area contributed by atoms with Crippen molar-refractivity contribution in [3.05, 3.63) is 29.3 Å². The van der Waals surface area contributed by atoms with Crippen LogP contribution in [0.1, 0.15) is 50.6 Å². The monoisotopic (exact) mass is 403 g/mol. The van der Waals surface area contributed by atoms with Gasteiger partial charge in [-0.3, -0.25) is 9.69 Å². The van der Waals surface area contributed by atoms with Crippen LogP contribution in [0.3, 0.4) is 0 Å². The standard InChI is InChI=1S/C21H29N3O3S/c1-4-14(2)19(21(26)27-3)23-18(25)13-24-12-8-7-10-16(24)20-22-15-9-5-6-11-17(15)28-20/h5-6,9,11,14,16,19H,4,7-8,10,12-13H2,1-3H3,(H,23,25). The minimum absolute atomic E-state index is 0.0258. The molecule has 3 atom stereocenters. The van der Waals surface area contributed by atoms with Gasteiger partial charge < -0.3 is 10.1 Å². The highest BCUT2D eigenvalue weighted by Gasteiger charge is 2.31. The van der Waals surface area contributed by atoms with Crippen LogP contribution in [0.2, 0.25) is 0 Å². The molecule has 1 aliphatic rings. The van der Waals surface area contributed by atoms with Crippen molar-refractivity contribution in [1.82, 2.24) is 15.2 Å². The van der Waals surface area contributed by atoms with E-state index in [-0.39, 0.29) is 30.4 Å². The molecule has 1 fully saturated rings. The van der Waals surface area contributed by atoms with Gasteiger partial charge in [0.1, 0.15) is 11.0 Å². The molecule has 2 aromatic rings. The average Bonchev–Trinajstić information content (AvgIpc) is 3.15. The first-order chi connectivity index (χ1) is 13.5. The lowest BCUT2D eigenvalue weighted by Crippen LogP contribution is -2.50. The summed E-state index contributed by atoms with van der Waals surface area (Å²) in [6.45, 7) is 5.08. The largest absolute Gasteiger partial charge is 0.467 e. The molecular formula is C21H29N3O3S. The molecule has 7 heteroatoms. The number of carbonyl (C=O) groups excluding carboxylic acids is 2. The van der Waals surface area contributed by atoms with Crippen LogP contribution in [0.25, 0.3) is 10.2 Å². The van der Waals surface area contributed by atoms with Gasteiger partial charge in [0.2, 0.25) is 5.91 Å². The van der Waals surface area contributed by atoms with Gasteiger partial charge in [-0.2, -0.15) is 0 Å². The van der Waals surface area contributed by atoms with Gasteiger partial charge in [-0.1, -0.05) is 38.8 Å². The zero-order valence-electron chi connectivity index (χ0n) is 16.8. The Labute approximate surface area is 170 Å². The number of amides is 1. The number of nitrogens with zero attached hydrogens (tertiary/aromatic N) is 2. The number of thiazole rings is 1. The zero-order chi connectivity index (χ0) is 20.1. The Morgan fingerprint density at radius 1 is 1.36 bits per heavy atom. The third-order valence-electron chi connectivity index (χ3n) is 5.54. The van der Waals surface area contributed by atoms with E-state index < -0.39 is 6.04 Å². The Morgan fingerprint density at radius 2 is 2.14 bits per heavy atom. The molecule has 28 heavy (non-hydrogen) atoms. The summed E-state index contributed by atoms with van der Waals surface area (Å²) >= 11 is 1.71. The number of methoxy groups -OCH3 is 1. The molecule has 1 aromatic carbocycles. The molecule has 3 unspecified atom stereocenters. The normalized spacial score (nSPS) is 19.9. The van der Waals surface area contributed by atoms with E-state index in [1.165, 1.54) is 11.8 Å². The minimum Gasteiger partial charge on any atom is -0.467 e. The van der Waals surface area contributed by atoms with Crippen molar-refractivity contribution >= 4 is 33.4 Å². The Balaban J connectivity index is 1.71. The first-order valence-electron chi connectivity index (χ1n) is 10.00. The van der Waals surface area contributed by atoms with Crippen molar-refractivity contribution in [1.29, 1.82) is 0 Å². The summed E-state index contributed by atoms with van der Waals surface area (Å²) in [5, 5.41) is 3.96. The predicted molar refractivity (Wildman–Crippen MR) is 111 cm³/mol. The number of benzene rings is 1. The highest BCUT2D eigenvalue weighted by Crippen LogP contribution is 2.35. The summed E-state index contributed by atoms with van der Waals surface area (Å²) in [5.41, 5.74) is 1.01. The first kappa shape index (κ1) is 20.7. The van der Waals surface area contributed by atoms with Crippen molar-refractivity contribution in [2.75, 3.05) is 20.2 Å². The van der Waals surface area contributed by atoms with E-state index in [9.17, 15) is 9.59 Å². The molecular weight excluding hydrogens is 374 g/mol. The van der Waals surface area contributed by atoms with Crippen LogP contribution in [0.15, 0.2) is 24.3 Å². The van der Waals surface area contributed by atoms with Crippen molar-refractivity contribution in [2.45, 2.75) is 51.6 Å². The second-order valence-corrected chi connectivity index (χ2v) is 8.52. The molecule has 1 amide bonds. The number of nitrogens with one attached hydrogen (secondary N) is 1. The van der Waals surface area contributed by atoms with Crippen LogP contribution < -0.4 is 5.32 Å². The van der Waals surface area contributed by atoms with Gasteiger partial charge in [-0.25, -0.2) is 9.78 Å².